The molecule has 0 fully saturated rings. The van der Waals surface area contributed by atoms with Crippen LogP contribution in [0.1, 0.15) is 153 Å². The van der Waals surface area contributed by atoms with Crippen molar-refractivity contribution in [1.82, 2.24) is 9.97 Å². The lowest BCUT2D eigenvalue weighted by atomic mass is 10.0. The number of aromatic amines is 2. The topological polar surface area (TPSA) is 83.6 Å². The van der Waals surface area contributed by atoms with Crippen molar-refractivity contribution in [2.45, 2.75) is 142 Å². The van der Waals surface area contributed by atoms with Crippen LogP contribution in [0.4, 0.5) is 0 Å². The number of unbranched alkanes of at least 4 members (excludes halogenated alkanes) is 14. The molecule has 0 aliphatic carbocycles. The van der Waals surface area contributed by atoms with Crippen LogP contribution < -0.4 is 11.5 Å². The monoisotopic (exact) mass is 470 g/mol. The highest BCUT2D eigenvalue weighted by molar-refractivity contribution is 5.56. The van der Waals surface area contributed by atoms with Crippen molar-refractivity contribution >= 4 is 0 Å². The lowest BCUT2D eigenvalue weighted by Gasteiger charge is -2.10. The van der Waals surface area contributed by atoms with Gasteiger partial charge in [0.25, 0.3) is 0 Å². The van der Waals surface area contributed by atoms with Gasteiger partial charge in [-0.1, -0.05) is 117 Å². The van der Waals surface area contributed by atoms with Gasteiger partial charge < -0.3 is 21.4 Å². The molecule has 0 aliphatic heterocycles. The Morgan fingerprint density at radius 3 is 1.18 bits per heavy atom. The number of H-pyrrole nitrogens is 2. The number of hydrogen-bond donors (Lipinski definition) is 4. The van der Waals surface area contributed by atoms with E-state index in [0.29, 0.717) is 0 Å². The van der Waals surface area contributed by atoms with E-state index in [1.165, 1.54) is 103 Å². The molecule has 2 aromatic heterocycles. The van der Waals surface area contributed by atoms with E-state index in [9.17, 15) is 0 Å². The lowest BCUT2D eigenvalue weighted by Crippen LogP contribution is -2.11. The first kappa shape index (κ1) is 28.7. The summed E-state index contributed by atoms with van der Waals surface area (Å²) in [4.78, 5) is 7.08. The zero-order valence-electron chi connectivity index (χ0n) is 22.3. The van der Waals surface area contributed by atoms with E-state index in [0.717, 1.165) is 35.6 Å². The molecule has 2 heterocycles. The highest BCUT2D eigenvalue weighted by atomic mass is 14.9. The van der Waals surface area contributed by atoms with E-state index in [1.54, 1.807) is 0 Å². The fourth-order valence-corrected chi connectivity index (χ4v) is 4.88. The third-order valence-electron chi connectivity index (χ3n) is 7.24. The average Bonchev–Trinajstić information content (AvgIpc) is 3.52. The maximum atomic E-state index is 6.47. The van der Waals surface area contributed by atoms with Gasteiger partial charge in [0.2, 0.25) is 0 Å². The average molecular weight is 471 g/mol. The second-order valence-electron chi connectivity index (χ2n) is 10.4. The van der Waals surface area contributed by atoms with E-state index in [2.05, 4.69) is 48.1 Å². The lowest BCUT2D eigenvalue weighted by molar-refractivity contribution is 0.532. The van der Waals surface area contributed by atoms with Crippen LogP contribution in [-0.2, 0) is 0 Å². The molecule has 2 atom stereocenters. The molecule has 0 saturated heterocycles. The van der Waals surface area contributed by atoms with Crippen molar-refractivity contribution in [3.63, 3.8) is 0 Å². The minimum absolute atomic E-state index is 0.0903. The molecule has 0 saturated carbocycles. The van der Waals surface area contributed by atoms with Gasteiger partial charge in [-0.3, -0.25) is 0 Å². The Kier molecular flexibility index (Phi) is 15.1. The second-order valence-corrected chi connectivity index (χ2v) is 10.4. The quantitative estimate of drug-likeness (QED) is 0.137. The molecule has 0 spiro atoms. The van der Waals surface area contributed by atoms with E-state index in [-0.39, 0.29) is 12.1 Å². The maximum Gasteiger partial charge on any atom is 0.0622 e. The molecule has 34 heavy (non-hydrogen) atoms. The predicted octanol–water partition coefficient (Wildman–Crippen LogP) is 9.07. The van der Waals surface area contributed by atoms with Gasteiger partial charge in [0, 0.05) is 23.5 Å². The fraction of sp³-hybridized carbons (Fsp3) is 0.733. The van der Waals surface area contributed by atoms with Crippen molar-refractivity contribution in [2.24, 2.45) is 11.5 Å². The zero-order chi connectivity index (χ0) is 24.4. The summed E-state index contributed by atoms with van der Waals surface area (Å²) in [6, 6.07) is 8.75. The smallest absolute Gasteiger partial charge is 0.0622 e. The molecule has 2 rings (SSSR count). The third kappa shape index (κ3) is 11.3. The summed E-state index contributed by atoms with van der Waals surface area (Å²) >= 11 is 0. The van der Waals surface area contributed by atoms with E-state index < -0.39 is 0 Å². The van der Waals surface area contributed by atoms with Crippen molar-refractivity contribution in [2.75, 3.05) is 0 Å². The first-order valence-corrected chi connectivity index (χ1v) is 14.5. The van der Waals surface area contributed by atoms with Crippen LogP contribution >= 0.6 is 0 Å². The number of aromatic nitrogens is 2. The standard InChI is InChI=1S/C30H54N4/c1-3-5-7-9-11-13-15-17-19-25(31)27-21-23-29(33-27)30-24-22-28(34-30)26(32)20-18-16-14-12-10-8-6-4-2/h21-26,33-34H,3-20,31-32H2,1-2H3. The Hall–Kier alpha value is -1.52. The molecule has 194 valence electrons. The van der Waals surface area contributed by atoms with Crippen LogP contribution in [0.2, 0.25) is 0 Å². The van der Waals surface area contributed by atoms with Crippen molar-refractivity contribution in [1.29, 1.82) is 0 Å². The van der Waals surface area contributed by atoms with Crippen LogP contribution in [0, 0.1) is 0 Å². The molecular formula is C30H54N4. The van der Waals surface area contributed by atoms with Crippen LogP contribution in [0.25, 0.3) is 11.4 Å². The Bertz CT molecular complexity index is 670. The van der Waals surface area contributed by atoms with Gasteiger partial charge in [-0.2, -0.15) is 0 Å². The van der Waals surface area contributed by atoms with Gasteiger partial charge >= 0.3 is 0 Å². The van der Waals surface area contributed by atoms with Gasteiger partial charge in [0.1, 0.15) is 0 Å². The fourth-order valence-electron chi connectivity index (χ4n) is 4.88. The summed E-state index contributed by atoms with van der Waals surface area (Å²) in [5.74, 6) is 0. The Labute approximate surface area is 210 Å². The number of nitrogens with one attached hydrogen (secondary N) is 2. The third-order valence-corrected chi connectivity index (χ3v) is 7.24. The van der Waals surface area contributed by atoms with Crippen LogP contribution in [0.15, 0.2) is 24.3 Å². The van der Waals surface area contributed by atoms with Crippen molar-refractivity contribution in [3.8, 4) is 11.4 Å². The Morgan fingerprint density at radius 1 is 0.500 bits per heavy atom. The summed E-state index contributed by atoms with van der Waals surface area (Å²) < 4.78 is 0. The number of hydrogen-bond acceptors (Lipinski definition) is 2. The number of nitrogens with two attached hydrogens (primary N) is 2. The molecule has 2 aromatic rings. The van der Waals surface area contributed by atoms with Crippen molar-refractivity contribution < 1.29 is 0 Å². The first-order chi connectivity index (χ1) is 16.7. The summed E-state index contributed by atoms with van der Waals surface area (Å²) in [7, 11) is 0. The highest BCUT2D eigenvalue weighted by Gasteiger charge is 2.13. The van der Waals surface area contributed by atoms with E-state index in [4.69, 9.17) is 11.5 Å². The summed E-state index contributed by atoms with van der Waals surface area (Å²) in [5.41, 5.74) is 17.4. The molecule has 4 nitrogen and oxygen atoms in total. The largest absolute Gasteiger partial charge is 0.356 e. The molecule has 4 heteroatoms. The Balaban J connectivity index is 1.65. The van der Waals surface area contributed by atoms with Gasteiger partial charge in [0.05, 0.1) is 11.4 Å². The minimum atomic E-state index is 0.0903. The zero-order valence-corrected chi connectivity index (χ0v) is 22.3. The van der Waals surface area contributed by atoms with Crippen LogP contribution in [0.3, 0.4) is 0 Å². The molecule has 0 radical (unpaired) electrons. The van der Waals surface area contributed by atoms with Gasteiger partial charge in [-0.05, 0) is 37.1 Å². The summed E-state index contributed by atoms with van der Waals surface area (Å²) in [5, 5.41) is 0. The molecule has 0 aromatic carbocycles. The molecular weight excluding hydrogens is 416 g/mol. The number of rotatable bonds is 21. The summed E-state index contributed by atoms with van der Waals surface area (Å²) in [6.07, 6.45) is 23.5. The molecule has 0 bridgehead atoms. The van der Waals surface area contributed by atoms with Crippen LogP contribution in [0.5, 0.6) is 0 Å². The second kappa shape index (κ2) is 17.8. The van der Waals surface area contributed by atoms with E-state index >= 15 is 0 Å². The molecule has 0 amide bonds. The normalized spacial score (nSPS) is 13.4. The van der Waals surface area contributed by atoms with Crippen molar-refractivity contribution in [3.05, 3.63) is 35.7 Å². The highest BCUT2D eigenvalue weighted by Crippen LogP contribution is 2.25. The maximum absolute atomic E-state index is 6.47. The van der Waals surface area contributed by atoms with Gasteiger partial charge in [-0.25, -0.2) is 0 Å². The first-order valence-electron chi connectivity index (χ1n) is 14.5. The van der Waals surface area contributed by atoms with Gasteiger partial charge in [0.15, 0.2) is 0 Å². The Morgan fingerprint density at radius 2 is 0.824 bits per heavy atom. The minimum Gasteiger partial charge on any atom is -0.356 e. The molecule has 6 N–H and O–H groups in total. The van der Waals surface area contributed by atoms with Crippen LogP contribution in [-0.4, -0.2) is 9.97 Å². The van der Waals surface area contributed by atoms with E-state index in [1.807, 2.05) is 0 Å². The SMILES string of the molecule is CCCCCCCCCCC(N)c1ccc(-c2ccc(C(N)CCCCCCCCCC)[nH]2)[nH]1. The van der Waals surface area contributed by atoms with Gasteiger partial charge in [-0.15, -0.1) is 0 Å². The molecule has 2 unspecified atom stereocenters. The summed E-state index contributed by atoms with van der Waals surface area (Å²) in [6.45, 7) is 4.55. The molecule has 0 aliphatic rings. The predicted molar refractivity (Wildman–Crippen MR) is 149 cm³/mol.